The molecule has 0 bridgehead atoms. The molecule has 0 radical (unpaired) electrons. The van der Waals surface area contributed by atoms with Gasteiger partial charge in [0.2, 0.25) is 0 Å². The summed E-state index contributed by atoms with van der Waals surface area (Å²) in [6.45, 7) is 6.68. The molecule has 0 saturated carbocycles. The highest BCUT2D eigenvalue weighted by Gasteiger charge is 2.11. The lowest BCUT2D eigenvalue weighted by molar-refractivity contribution is -0.122. The molecule has 0 rings (SSSR count). The molecule has 0 amide bonds. The standard InChI is InChI=1S/C23H46O/c1-4-6-8-10-12-14-16-18-20-22(3)23(24)21-19-17-15-13-11-9-7-5-2/h22H,4-21H2,1-3H3. The second-order valence-corrected chi connectivity index (χ2v) is 7.86. The van der Waals surface area contributed by atoms with Gasteiger partial charge in [0, 0.05) is 12.3 Å². The molecule has 0 aromatic rings. The van der Waals surface area contributed by atoms with Crippen LogP contribution in [0.5, 0.6) is 0 Å². The minimum atomic E-state index is 0.301. The van der Waals surface area contributed by atoms with Crippen molar-refractivity contribution in [3.8, 4) is 0 Å². The Morgan fingerprint density at radius 2 is 0.958 bits per heavy atom. The fourth-order valence-electron chi connectivity index (χ4n) is 3.42. The summed E-state index contributed by atoms with van der Waals surface area (Å²) in [5.41, 5.74) is 0. The predicted molar refractivity (Wildman–Crippen MR) is 109 cm³/mol. The predicted octanol–water partition coefficient (Wildman–Crippen LogP) is 8.25. The minimum Gasteiger partial charge on any atom is -0.299 e. The van der Waals surface area contributed by atoms with Crippen LogP contribution in [0.15, 0.2) is 0 Å². The number of Topliss-reactive ketones (excluding diaryl/α,β-unsaturated/α-hetero) is 1. The van der Waals surface area contributed by atoms with Crippen molar-refractivity contribution in [2.24, 2.45) is 5.92 Å². The van der Waals surface area contributed by atoms with Gasteiger partial charge in [-0.15, -0.1) is 0 Å². The summed E-state index contributed by atoms with van der Waals surface area (Å²) in [6, 6.07) is 0. The molecular formula is C23H46O. The second-order valence-electron chi connectivity index (χ2n) is 7.86. The van der Waals surface area contributed by atoms with Gasteiger partial charge in [-0.05, 0) is 12.8 Å². The molecule has 0 aliphatic carbocycles. The summed E-state index contributed by atoms with van der Waals surface area (Å²) in [5, 5.41) is 0. The average Bonchev–Trinajstić information content (AvgIpc) is 2.59. The molecule has 0 N–H and O–H groups in total. The molecule has 0 aliphatic heterocycles. The van der Waals surface area contributed by atoms with Gasteiger partial charge in [0.05, 0.1) is 0 Å². The van der Waals surface area contributed by atoms with Gasteiger partial charge in [-0.3, -0.25) is 4.79 Å². The summed E-state index contributed by atoms with van der Waals surface area (Å²) < 4.78 is 0. The molecule has 144 valence electrons. The molecule has 0 spiro atoms. The number of carbonyl (C=O) groups excluding carboxylic acids is 1. The van der Waals surface area contributed by atoms with Crippen LogP contribution in [0.4, 0.5) is 0 Å². The van der Waals surface area contributed by atoms with E-state index in [9.17, 15) is 4.79 Å². The number of hydrogen-bond donors (Lipinski definition) is 0. The maximum Gasteiger partial charge on any atom is 0.135 e. The molecule has 0 saturated heterocycles. The normalized spacial score (nSPS) is 12.5. The zero-order chi connectivity index (χ0) is 17.9. The lowest BCUT2D eigenvalue weighted by Gasteiger charge is -2.10. The molecule has 1 heteroatoms. The molecule has 1 atom stereocenters. The van der Waals surface area contributed by atoms with E-state index in [0.29, 0.717) is 11.7 Å². The van der Waals surface area contributed by atoms with E-state index in [1.54, 1.807) is 0 Å². The quantitative estimate of drug-likeness (QED) is 0.217. The van der Waals surface area contributed by atoms with E-state index >= 15 is 0 Å². The topological polar surface area (TPSA) is 17.1 Å². The molecule has 0 fully saturated rings. The summed E-state index contributed by atoms with van der Waals surface area (Å²) in [5.74, 6) is 0.818. The van der Waals surface area contributed by atoms with Crippen LogP contribution in [-0.4, -0.2) is 5.78 Å². The average molecular weight is 339 g/mol. The lowest BCUT2D eigenvalue weighted by Crippen LogP contribution is -2.10. The van der Waals surface area contributed by atoms with Gasteiger partial charge in [-0.25, -0.2) is 0 Å². The Hall–Kier alpha value is -0.330. The van der Waals surface area contributed by atoms with Gasteiger partial charge in [0.25, 0.3) is 0 Å². The Kier molecular flexibility index (Phi) is 18.7. The summed E-state index contributed by atoms with van der Waals surface area (Å²) in [6.07, 6.45) is 23.3. The largest absolute Gasteiger partial charge is 0.299 e. The number of carbonyl (C=O) groups is 1. The second kappa shape index (κ2) is 19.0. The van der Waals surface area contributed by atoms with Crippen molar-refractivity contribution < 1.29 is 4.79 Å². The number of rotatable bonds is 19. The van der Waals surface area contributed by atoms with Gasteiger partial charge in [0.15, 0.2) is 0 Å². The van der Waals surface area contributed by atoms with E-state index in [1.165, 1.54) is 96.3 Å². The third-order valence-electron chi connectivity index (χ3n) is 5.32. The van der Waals surface area contributed by atoms with Crippen LogP contribution in [-0.2, 0) is 4.79 Å². The zero-order valence-corrected chi connectivity index (χ0v) is 17.2. The third-order valence-corrected chi connectivity index (χ3v) is 5.32. The van der Waals surface area contributed by atoms with E-state index < -0.39 is 0 Å². The third kappa shape index (κ3) is 16.5. The Morgan fingerprint density at radius 3 is 1.42 bits per heavy atom. The Morgan fingerprint density at radius 1 is 0.583 bits per heavy atom. The van der Waals surface area contributed by atoms with Gasteiger partial charge < -0.3 is 0 Å². The maximum atomic E-state index is 12.2. The molecular weight excluding hydrogens is 292 g/mol. The van der Waals surface area contributed by atoms with Crippen molar-refractivity contribution in [3.05, 3.63) is 0 Å². The Labute approximate surface area is 153 Å². The first-order chi connectivity index (χ1) is 11.7. The smallest absolute Gasteiger partial charge is 0.135 e. The number of ketones is 1. The van der Waals surface area contributed by atoms with Crippen molar-refractivity contribution in [1.29, 1.82) is 0 Å². The number of unbranched alkanes of at least 4 members (excludes halogenated alkanes) is 14. The molecule has 0 aromatic heterocycles. The first-order valence-corrected chi connectivity index (χ1v) is 11.2. The van der Waals surface area contributed by atoms with Crippen molar-refractivity contribution in [2.75, 3.05) is 0 Å². The van der Waals surface area contributed by atoms with Gasteiger partial charge in [0.1, 0.15) is 5.78 Å². The Bertz CT molecular complexity index is 259. The fourth-order valence-corrected chi connectivity index (χ4v) is 3.42. The molecule has 1 unspecified atom stereocenters. The van der Waals surface area contributed by atoms with Crippen molar-refractivity contribution in [1.82, 2.24) is 0 Å². The SMILES string of the molecule is CCCCCCCCCCC(=O)C(C)CCCCCCCCCC. The Balaban J connectivity index is 3.34. The molecule has 24 heavy (non-hydrogen) atoms. The first-order valence-electron chi connectivity index (χ1n) is 11.2. The highest BCUT2D eigenvalue weighted by molar-refractivity contribution is 5.80. The van der Waals surface area contributed by atoms with Crippen molar-refractivity contribution >= 4 is 5.78 Å². The molecule has 1 nitrogen and oxygen atoms in total. The first kappa shape index (κ1) is 23.7. The van der Waals surface area contributed by atoms with E-state index in [0.717, 1.165) is 19.3 Å². The lowest BCUT2D eigenvalue weighted by atomic mass is 9.94. The highest BCUT2D eigenvalue weighted by Crippen LogP contribution is 2.17. The van der Waals surface area contributed by atoms with Crippen LogP contribution < -0.4 is 0 Å². The highest BCUT2D eigenvalue weighted by atomic mass is 16.1. The molecule has 0 aromatic carbocycles. The van der Waals surface area contributed by atoms with Crippen molar-refractivity contribution in [2.45, 2.75) is 136 Å². The summed E-state index contributed by atoms with van der Waals surface area (Å²) in [7, 11) is 0. The van der Waals surface area contributed by atoms with Crippen LogP contribution in [0, 0.1) is 5.92 Å². The van der Waals surface area contributed by atoms with E-state index in [1.807, 2.05) is 0 Å². The van der Waals surface area contributed by atoms with Crippen LogP contribution in [0.2, 0.25) is 0 Å². The number of hydrogen-bond acceptors (Lipinski definition) is 1. The van der Waals surface area contributed by atoms with E-state index in [4.69, 9.17) is 0 Å². The van der Waals surface area contributed by atoms with Crippen LogP contribution >= 0.6 is 0 Å². The monoisotopic (exact) mass is 338 g/mol. The molecule has 0 aliphatic rings. The van der Waals surface area contributed by atoms with Gasteiger partial charge >= 0.3 is 0 Å². The zero-order valence-electron chi connectivity index (χ0n) is 17.2. The van der Waals surface area contributed by atoms with Crippen LogP contribution in [0.1, 0.15) is 136 Å². The van der Waals surface area contributed by atoms with Gasteiger partial charge in [-0.2, -0.15) is 0 Å². The fraction of sp³-hybridized carbons (Fsp3) is 0.957. The summed E-state index contributed by atoms with van der Waals surface area (Å²) in [4.78, 5) is 12.2. The van der Waals surface area contributed by atoms with Crippen molar-refractivity contribution in [3.63, 3.8) is 0 Å². The van der Waals surface area contributed by atoms with Gasteiger partial charge in [-0.1, -0.05) is 117 Å². The van der Waals surface area contributed by atoms with E-state index in [2.05, 4.69) is 20.8 Å². The summed E-state index contributed by atoms with van der Waals surface area (Å²) >= 11 is 0. The van der Waals surface area contributed by atoms with Crippen LogP contribution in [0.3, 0.4) is 0 Å². The maximum absolute atomic E-state index is 12.2. The van der Waals surface area contributed by atoms with E-state index in [-0.39, 0.29) is 0 Å². The minimum absolute atomic E-state index is 0.301. The molecule has 0 heterocycles. The van der Waals surface area contributed by atoms with Crippen LogP contribution in [0.25, 0.3) is 0 Å².